The number of rotatable bonds is 6. The summed E-state index contributed by atoms with van der Waals surface area (Å²) in [5.74, 6) is 0.583. The number of aromatic nitrogens is 1. The van der Waals surface area contributed by atoms with Crippen molar-refractivity contribution >= 4 is 17.6 Å². The van der Waals surface area contributed by atoms with Crippen LogP contribution in [-0.4, -0.2) is 30.7 Å². The number of amides is 1. The molecule has 1 amide bonds. The molecule has 0 atom stereocenters. The minimum Gasteiger partial charge on any atom is -0.496 e. The number of methoxy groups -OCH3 is 1. The van der Waals surface area contributed by atoms with Crippen LogP contribution in [0.25, 0.3) is 11.3 Å². The molecule has 0 spiro atoms. The number of anilines is 1. The van der Waals surface area contributed by atoms with Crippen LogP contribution in [0, 0.1) is 0 Å². The molecule has 1 aliphatic rings. The summed E-state index contributed by atoms with van der Waals surface area (Å²) in [6, 6.07) is 16.1. The number of carbonyl (C=O) groups excluding carboxylic acids is 2. The third-order valence-corrected chi connectivity index (χ3v) is 4.78. The first-order chi connectivity index (χ1) is 14.2. The van der Waals surface area contributed by atoms with E-state index < -0.39 is 5.97 Å². The van der Waals surface area contributed by atoms with E-state index in [9.17, 15) is 9.59 Å². The lowest BCUT2D eigenvalue weighted by Gasteiger charge is -2.18. The predicted octanol–water partition coefficient (Wildman–Crippen LogP) is 3.83. The van der Waals surface area contributed by atoms with Crippen LogP contribution in [-0.2, 0) is 16.1 Å². The van der Waals surface area contributed by atoms with Crippen LogP contribution in [0.4, 0.5) is 5.69 Å². The molecule has 0 bridgehead atoms. The average molecular weight is 392 g/mol. The van der Waals surface area contributed by atoms with Crippen molar-refractivity contribution in [2.45, 2.75) is 19.4 Å². The number of hydrogen-bond acceptors (Lipinski definition) is 6. The number of hydrogen-bond donors (Lipinski definition) is 0. The molecule has 1 fully saturated rings. The Bertz CT molecular complexity index is 1040. The summed E-state index contributed by atoms with van der Waals surface area (Å²) in [6.07, 6.45) is 1.28. The number of esters is 1. The standard InChI is InChI=1S/C22H20N2O5/c1-27-20-10-5-3-7-16(20)18-13-15(29-23-18)14-28-22(26)17-8-2-4-9-19(17)24-12-6-11-21(24)25/h2-5,7-10,13H,6,11-12,14H2,1H3. The third-order valence-electron chi connectivity index (χ3n) is 4.78. The molecule has 29 heavy (non-hydrogen) atoms. The van der Waals surface area contributed by atoms with Crippen LogP contribution in [0.2, 0.25) is 0 Å². The van der Waals surface area contributed by atoms with Gasteiger partial charge >= 0.3 is 5.97 Å². The highest BCUT2D eigenvalue weighted by Gasteiger charge is 2.26. The van der Waals surface area contributed by atoms with Crippen molar-refractivity contribution in [2.75, 3.05) is 18.6 Å². The van der Waals surface area contributed by atoms with Crippen LogP contribution in [0.3, 0.4) is 0 Å². The minimum atomic E-state index is -0.518. The maximum atomic E-state index is 12.6. The van der Waals surface area contributed by atoms with Gasteiger partial charge in [-0.3, -0.25) is 4.79 Å². The summed E-state index contributed by atoms with van der Waals surface area (Å²) < 4.78 is 16.1. The largest absolute Gasteiger partial charge is 0.496 e. The van der Waals surface area contributed by atoms with Crippen molar-refractivity contribution in [3.05, 3.63) is 65.9 Å². The Morgan fingerprint density at radius 2 is 1.97 bits per heavy atom. The molecule has 7 heteroatoms. The molecule has 2 aromatic carbocycles. The molecule has 2 heterocycles. The molecular weight excluding hydrogens is 372 g/mol. The molecule has 7 nitrogen and oxygen atoms in total. The van der Waals surface area contributed by atoms with E-state index in [-0.39, 0.29) is 12.5 Å². The van der Waals surface area contributed by atoms with E-state index in [0.717, 1.165) is 12.0 Å². The van der Waals surface area contributed by atoms with Gasteiger partial charge in [-0.25, -0.2) is 4.79 Å². The molecule has 1 aromatic heterocycles. The molecule has 1 aliphatic heterocycles. The molecule has 0 N–H and O–H groups in total. The topological polar surface area (TPSA) is 81.9 Å². The van der Waals surface area contributed by atoms with Crippen molar-refractivity contribution in [1.82, 2.24) is 5.16 Å². The molecule has 4 rings (SSSR count). The zero-order chi connectivity index (χ0) is 20.2. The summed E-state index contributed by atoms with van der Waals surface area (Å²) in [4.78, 5) is 26.3. The third kappa shape index (κ3) is 3.85. The summed E-state index contributed by atoms with van der Waals surface area (Å²) in [5, 5.41) is 4.04. The highest BCUT2D eigenvalue weighted by Crippen LogP contribution is 2.30. The molecular formula is C22H20N2O5. The van der Waals surface area contributed by atoms with E-state index >= 15 is 0 Å². The van der Waals surface area contributed by atoms with E-state index in [1.54, 1.807) is 42.3 Å². The number of ether oxygens (including phenoxy) is 2. The fourth-order valence-electron chi connectivity index (χ4n) is 3.36. The van der Waals surface area contributed by atoms with Crippen molar-refractivity contribution < 1.29 is 23.6 Å². The predicted molar refractivity (Wildman–Crippen MR) is 106 cm³/mol. The van der Waals surface area contributed by atoms with Gasteiger partial charge in [0.1, 0.15) is 11.4 Å². The first-order valence-corrected chi connectivity index (χ1v) is 9.33. The average Bonchev–Trinajstić information content (AvgIpc) is 3.41. The van der Waals surface area contributed by atoms with Crippen molar-refractivity contribution in [3.63, 3.8) is 0 Å². The number of nitrogens with zero attached hydrogens (tertiary/aromatic N) is 2. The van der Waals surface area contributed by atoms with E-state index in [1.807, 2.05) is 24.3 Å². The van der Waals surface area contributed by atoms with Crippen LogP contribution >= 0.6 is 0 Å². The SMILES string of the molecule is COc1ccccc1-c1cc(COC(=O)c2ccccc2N2CCCC2=O)on1. The van der Waals surface area contributed by atoms with Gasteiger partial charge in [-0.1, -0.05) is 29.4 Å². The van der Waals surface area contributed by atoms with Crippen molar-refractivity contribution in [1.29, 1.82) is 0 Å². The second kappa shape index (κ2) is 8.18. The van der Waals surface area contributed by atoms with Crippen molar-refractivity contribution in [3.8, 4) is 17.0 Å². The van der Waals surface area contributed by atoms with Gasteiger partial charge in [0.25, 0.3) is 0 Å². The maximum Gasteiger partial charge on any atom is 0.340 e. The number of benzene rings is 2. The van der Waals surface area contributed by atoms with Gasteiger partial charge < -0.3 is 18.9 Å². The molecule has 148 valence electrons. The summed E-state index contributed by atoms with van der Waals surface area (Å²) in [6.45, 7) is 0.538. The van der Waals surface area contributed by atoms with E-state index in [0.29, 0.717) is 41.4 Å². The van der Waals surface area contributed by atoms with E-state index in [1.165, 1.54) is 0 Å². The Balaban J connectivity index is 1.48. The monoisotopic (exact) mass is 392 g/mol. The Hall–Kier alpha value is -3.61. The number of carbonyl (C=O) groups is 2. The van der Waals surface area contributed by atoms with Gasteiger partial charge in [0.05, 0.1) is 18.4 Å². The maximum absolute atomic E-state index is 12.6. The van der Waals surface area contributed by atoms with Gasteiger partial charge in [0, 0.05) is 24.6 Å². The molecule has 0 aliphatic carbocycles. The number of para-hydroxylation sites is 2. The van der Waals surface area contributed by atoms with Crippen LogP contribution in [0.5, 0.6) is 5.75 Å². The molecule has 0 radical (unpaired) electrons. The molecule has 0 unspecified atom stereocenters. The fourth-order valence-corrected chi connectivity index (χ4v) is 3.36. The van der Waals surface area contributed by atoms with E-state index in [2.05, 4.69) is 5.16 Å². The second-order valence-corrected chi connectivity index (χ2v) is 6.62. The molecule has 1 saturated heterocycles. The van der Waals surface area contributed by atoms with E-state index in [4.69, 9.17) is 14.0 Å². The van der Waals surface area contributed by atoms with Crippen LogP contribution in [0.1, 0.15) is 29.0 Å². The Morgan fingerprint density at radius 1 is 1.17 bits per heavy atom. The Kier molecular flexibility index (Phi) is 5.29. The van der Waals surface area contributed by atoms with Gasteiger partial charge in [-0.05, 0) is 30.7 Å². The Morgan fingerprint density at radius 3 is 2.76 bits per heavy atom. The lowest BCUT2D eigenvalue weighted by atomic mass is 10.1. The van der Waals surface area contributed by atoms with Gasteiger partial charge in [-0.15, -0.1) is 0 Å². The lowest BCUT2D eigenvalue weighted by molar-refractivity contribution is -0.117. The zero-order valence-electron chi connectivity index (χ0n) is 16.0. The summed E-state index contributed by atoms with van der Waals surface area (Å²) >= 11 is 0. The first kappa shape index (κ1) is 18.7. The van der Waals surface area contributed by atoms with Gasteiger partial charge in [-0.2, -0.15) is 0 Å². The smallest absolute Gasteiger partial charge is 0.340 e. The van der Waals surface area contributed by atoms with Crippen LogP contribution < -0.4 is 9.64 Å². The zero-order valence-corrected chi connectivity index (χ0v) is 16.0. The molecule has 0 saturated carbocycles. The second-order valence-electron chi connectivity index (χ2n) is 6.62. The Labute approximate surface area is 167 Å². The minimum absolute atomic E-state index is 0.0157. The summed E-state index contributed by atoms with van der Waals surface area (Å²) in [5.41, 5.74) is 2.31. The van der Waals surface area contributed by atoms with Crippen molar-refractivity contribution in [2.24, 2.45) is 0 Å². The molecule has 3 aromatic rings. The van der Waals surface area contributed by atoms with Crippen LogP contribution in [0.15, 0.2) is 59.1 Å². The van der Waals surface area contributed by atoms with Gasteiger partial charge in [0.15, 0.2) is 12.4 Å². The quantitative estimate of drug-likeness (QED) is 0.593. The summed E-state index contributed by atoms with van der Waals surface area (Å²) in [7, 11) is 1.59. The fraction of sp³-hybridized carbons (Fsp3) is 0.227. The first-order valence-electron chi connectivity index (χ1n) is 9.33. The lowest BCUT2D eigenvalue weighted by Crippen LogP contribution is -2.26. The normalized spacial score (nSPS) is 13.6. The highest BCUT2D eigenvalue weighted by molar-refractivity contribution is 6.03. The highest BCUT2D eigenvalue weighted by atomic mass is 16.5. The van der Waals surface area contributed by atoms with Gasteiger partial charge in [0.2, 0.25) is 5.91 Å².